The van der Waals surface area contributed by atoms with Crippen molar-refractivity contribution in [2.45, 2.75) is 6.04 Å². The molecule has 0 bridgehead atoms. The van der Waals surface area contributed by atoms with Crippen molar-refractivity contribution >= 4 is 27.3 Å². The van der Waals surface area contributed by atoms with E-state index in [0.29, 0.717) is 0 Å². The molecule has 19 heavy (non-hydrogen) atoms. The third-order valence-electron chi connectivity index (χ3n) is 3.35. The zero-order valence-corrected chi connectivity index (χ0v) is 13.0. The predicted octanol–water partition coefficient (Wildman–Crippen LogP) is 2.90. The molecular formula is C14H16BrN3S. The lowest BCUT2D eigenvalue weighted by Gasteiger charge is -2.34. The smallest absolute Gasteiger partial charge is 0.106 e. The van der Waals surface area contributed by atoms with E-state index in [1.54, 1.807) is 0 Å². The summed E-state index contributed by atoms with van der Waals surface area (Å²) in [4.78, 5) is 8.55. The van der Waals surface area contributed by atoms with Gasteiger partial charge in [0.1, 0.15) is 4.60 Å². The molecule has 2 aromatic rings. The average Bonchev–Trinajstić information content (AvgIpc) is 2.94. The molecule has 1 saturated heterocycles. The minimum absolute atomic E-state index is 0.277. The number of rotatable bonds is 3. The van der Waals surface area contributed by atoms with Crippen LogP contribution in [0, 0.1) is 0 Å². The summed E-state index contributed by atoms with van der Waals surface area (Å²) in [5, 5.41) is 5.55. The second kappa shape index (κ2) is 6.13. The summed E-state index contributed by atoms with van der Waals surface area (Å²) in [5.74, 6) is 0. The average molecular weight is 338 g/mol. The van der Waals surface area contributed by atoms with E-state index in [9.17, 15) is 0 Å². The standard InChI is InChI=1S/C14H16BrN3S/c15-13-5-1-3-11(17-13)14(12-4-2-10-19-12)18-8-6-16-7-9-18/h1-5,10,14,16H,6-9H2/t14-/m1/s1. The maximum absolute atomic E-state index is 4.67. The minimum Gasteiger partial charge on any atom is -0.314 e. The second-order valence-electron chi connectivity index (χ2n) is 4.59. The first-order valence-corrected chi connectivity index (χ1v) is 8.12. The third-order valence-corrected chi connectivity index (χ3v) is 4.71. The van der Waals surface area contributed by atoms with E-state index in [0.717, 1.165) is 36.5 Å². The van der Waals surface area contributed by atoms with Crippen LogP contribution in [0.5, 0.6) is 0 Å². The molecule has 1 N–H and O–H groups in total. The van der Waals surface area contributed by atoms with Crippen molar-refractivity contribution < 1.29 is 0 Å². The van der Waals surface area contributed by atoms with Crippen LogP contribution in [0.15, 0.2) is 40.3 Å². The molecule has 1 atom stereocenters. The van der Waals surface area contributed by atoms with Crippen molar-refractivity contribution in [1.29, 1.82) is 0 Å². The van der Waals surface area contributed by atoms with Crippen LogP contribution in [0.4, 0.5) is 0 Å². The lowest BCUT2D eigenvalue weighted by Crippen LogP contribution is -2.45. The summed E-state index contributed by atoms with van der Waals surface area (Å²) in [6.07, 6.45) is 0. The molecule has 0 amide bonds. The quantitative estimate of drug-likeness (QED) is 0.873. The minimum atomic E-state index is 0.277. The van der Waals surface area contributed by atoms with Crippen molar-refractivity contribution in [1.82, 2.24) is 15.2 Å². The van der Waals surface area contributed by atoms with Gasteiger partial charge in [-0.15, -0.1) is 11.3 Å². The van der Waals surface area contributed by atoms with Gasteiger partial charge in [0.2, 0.25) is 0 Å². The molecule has 100 valence electrons. The molecule has 0 radical (unpaired) electrons. The first-order valence-electron chi connectivity index (χ1n) is 6.45. The van der Waals surface area contributed by atoms with Crippen LogP contribution in [0.25, 0.3) is 0 Å². The normalized spacial score (nSPS) is 18.4. The largest absolute Gasteiger partial charge is 0.314 e. The van der Waals surface area contributed by atoms with Gasteiger partial charge in [-0.1, -0.05) is 12.1 Å². The van der Waals surface area contributed by atoms with Crippen molar-refractivity contribution in [3.63, 3.8) is 0 Å². The summed E-state index contributed by atoms with van der Waals surface area (Å²) < 4.78 is 0.904. The van der Waals surface area contributed by atoms with Crippen LogP contribution in [0.3, 0.4) is 0 Å². The van der Waals surface area contributed by atoms with Crippen molar-refractivity contribution in [3.05, 3.63) is 50.9 Å². The zero-order chi connectivity index (χ0) is 13.1. The van der Waals surface area contributed by atoms with Crippen LogP contribution in [-0.4, -0.2) is 36.1 Å². The van der Waals surface area contributed by atoms with E-state index < -0.39 is 0 Å². The van der Waals surface area contributed by atoms with E-state index in [1.807, 2.05) is 17.4 Å². The number of nitrogens with zero attached hydrogens (tertiary/aromatic N) is 2. The van der Waals surface area contributed by atoms with Gasteiger partial charge in [-0.2, -0.15) is 0 Å². The molecule has 2 aromatic heterocycles. The van der Waals surface area contributed by atoms with Crippen LogP contribution in [-0.2, 0) is 0 Å². The van der Waals surface area contributed by atoms with Gasteiger partial charge in [-0.05, 0) is 39.5 Å². The zero-order valence-electron chi connectivity index (χ0n) is 10.6. The number of pyridine rings is 1. The summed E-state index contributed by atoms with van der Waals surface area (Å²) in [5.41, 5.74) is 1.12. The Hall–Kier alpha value is -0.750. The molecule has 3 heterocycles. The second-order valence-corrected chi connectivity index (χ2v) is 6.38. The van der Waals surface area contributed by atoms with Gasteiger partial charge in [-0.3, -0.25) is 4.90 Å². The van der Waals surface area contributed by atoms with Gasteiger partial charge < -0.3 is 5.32 Å². The molecule has 0 spiro atoms. The van der Waals surface area contributed by atoms with Crippen LogP contribution in [0.1, 0.15) is 16.6 Å². The number of thiophene rings is 1. The number of aromatic nitrogens is 1. The Labute approximate surface area is 125 Å². The third kappa shape index (κ3) is 3.05. The van der Waals surface area contributed by atoms with E-state index in [1.165, 1.54) is 4.88 Å². The molecular weight excluding hydrogens is 322 g/mol. The maximum atomic E-state index is 4.67. The molecule has 0 saturated carbocycles. The number of hydrogen-bond acceptors (Lipinski definition) is 4. The highest BCUT2D eigenvalue weighted by molar-refractivity contribution is 9.10. The maximum Gasteiger partial charge on any atom is 0.106 e. The highest BCUT2D eigenvalue weighted by atomic mass is 79.9. The molecule has 3 rings (SSSR count). The van der Waals surface area contributed by atoms with Gasteiger partial charge in [0.15, 0.2) is 0 Å². The van der Waals surface area contributed by atoms with Gasteiger partial charge in [0.05, 0.1) is 11.7 Å². The van der Waals surface area contributed by atoms with Crippen molar-refractivity contribution in [2.75, 3.05) is 26.2 Å². The number of hydrogen-bond donors (Lipinski definition) is 1. The fourth-order valence-electron chi connectivity index (χ4n) is 2.48. The Morgan fingerprint density at radius 3 is 2.74 bits per heavy atom. The Kier molecular flexibility index (Phi) is 4.28. The van der Waals surface area contributed by atoms with E-state index in [-0.39, 0.29) is 6.04 Å². The van der Waals surface area contributed by atoms with Gasteiger partial charge in [0, 0.05) is 31.1 Å². The summed E-state index contributed by atoms with van der Waals surface area (Å²) in [7, 11) is 0. The number of piperazine rings is 1. The highest BCUT2D eigenvalue weighted by Crippen LogP contribution is 2.31. The van der Waals surface area contributed by atoms with E-state index in [4.69, 9.17) is 0 Å². The van der Waals surface area contributed by atoms with E-state index in [2.05, 4.69) is 60.8 Å². The summed E-state index contributed by atoms with van der Waals surface area (Å²) in [6, 6.07) is 10.8. The number of nitrogens with one attached hydrogen (secondary N) is 1. The Morgan fingerprint density at radius 2 is 2.05 bits per heavy atom. The van der Waals surface area contributed by atoms with Crippen molar-refractivity contribution in [3.8, 4) is 0 Å². The fourth-order valence-corrected chi connectivity index (χ4v) is 3.70. The van der Waals surface area contributed by atoms with Crippen LogP contribution < -0.4 is 5.32 Å². The van der Waals surface area contributed by atoms with Gasteiger partial charge in [0.25, 0.3) is 0 Å². The SMILES string of the molecule is Brc1cccc([C@H](c2cccs2)N2CCNCC2)n1. The highest BCUT2D eigenvalue weighted by Gasteiger charge is 2.25. The fraction of sp³-hybridized carbons (Fsp3) is 0.357. The molecule has 1 aliphatic heterocycles. The lowest BCUT2D eigenvalue weighted by atomic mass is 10.1. The van der Waals surface area contributed by atoms with Gasteiger partial charge in [-0.25, -0.2) is 4.98 Å². The van der Waals surface area contributed by atoms with Crippen LogP contribution in [0.2, 0.25) is 0 Å². The summed E-state index contributed by atoms with van der Waals surface area (Å²) in [6.45, 7) is 4.24. The Bertz CT molecular complexity index is 523. The predicted molar refractivity (Wildman–Crippen MR) is 82.5 cm³/mol. The van der Waals surface area contributed by atoms with Crippen LogP contribution >= 0.6 is 27.3 Å². The molecule has 1 fully saturated rings. The molecule has 0 aliphatic carbocycles. The monoisotopic (exact) mass is 337 g/mol. The molecule has 0 unspecified atom stereocenters. The Morgan fingerprint density at radius 1 is 1.21 bits per heavy atom. The summed E-state index contributed by atoms with van der Waals surface area (Å²) >= 11 is 5.29. The first kappa shape index (κ1) is 13.2. The van der Waals surface area contributed by atoms with Gasteiger partial charge >= 0.3 is 0 Å². The molecule has 5 heteroatoms. The van der Waals surface area contributed by atoms with Crippen molar-refractivity contribution in [2.24, 2.45) is 0 Å². The molecule has 3 nitrogen and oxygen atoms in total. The first-order chi connectivity index (χ1) is 9.34. The number of halogens is 1. The van der Waals surface area contributed by atoms with E-state index >= 15 is 0 Å². The lowest BCUT2D eigenvalue weighted by molar-refractivity contribution is 0.197. The topological polar surface area (TPSA) is 28.2 Å². The Balaban J connectivity index is 1.96. The molecule has 0 aromatic carbocycles. The molecule has 1 aliphatic rings.